The highest BCUT2D eigenvalue weighted by Gasteiger charge is 2.31. The molecule has 0 amide bonds. The molecule has 0 saturated heterocycles. The van der Waals surface area contributed by atoms with Crippen molar-refractivity contribution in [3.8, 4) is 0 Å². The monoisotopic (exact) mass is 297 g/mol. The van der Waals surface area contributed by atoms with Crippen molar-refractivity contribution in [3.05, 3.63) is 46.4 Å². The van der Waals surface area contributed by atoms with E-state index in [1.54, 1.807) is 11.3 Å². The molecule has 0 radical (unpaired) electrons. The Hall–Kier alpha value is -1.81. The standard InChI is InChI=1S/C17H19N3S/c1-11(8-12-6-7-21-10-12)20-16-5-4-14(18)9-15(16)19-17(20)13-2-3-13/h4-7,9-11,13H,2-3,8,18H2,1H3. The van der Waals surface area contributed by atoms with Gasteiger partial charge in [0.15, 0.2) is 0 Å². The number of rotatable bonds is 4. The van der Waals surface area contributed by atoms with Crippen LogP contribution in [-0.2, 0) is 6.42 Å². The van der Waals surface area contributed by atoms with Crippen LogP contribution in [0.25, 0.3) is 11.0 Å². The Kier molecular flexibility index (Phi) is 3.00. The number of aromatic nitrogens is 2. The number of fused-ring (bicyclic) bond motifs is 1. The molecule has 2 N–H and O–H groups in total. The van der Waals surface area contributed by atoms with Gasteiger partial charge in [-0.25, -0.2) is 4.98 Å². The van der Waals surface area contributed by atoms with Crippen molar-refractivity contribution in [2.45, 2.75) is 38.1 Å². The SMILES string of the molecule is CC(Cc1ccsc1)n1c(C2CC2)nc2cc(N)ccc21. The minimum absolute atomic E-state index is 0.420. The normalized spacial score (nSPS) is 16.4. The van der Waals surface area contributed by atoms with E-state index < -0.39 is 0 Å². The molecule has 1 aromatic carbocycles. The second-order valence-corrected chi connectivity index (χ2v) is 6.83. The molecule has 1 unspecified atom stereocenters. The zero-order valence-electron chi connectivity index (χ0n) is 12.1. The maximum absolute atomic E-state index is 5.91. The molecule has 1 aliphatic carbocycles. The number of benzene rings is 1. The summed E-state index contributed by atoms with van der Waals surface area (Å²) in [4.78, 5) is 4.87. The molecule has 3 nitrogen and oxygen atoms in total. The van der Waals surface area contributed by atoms with E-state index in [0.29, 0.717) is 12.0 Å². The van der Waals surface area contributed by atoms with Gasteiger partial charge in [0.25, 0.3) is 0 Å². The lowest BCUT2D eigenvalue weighted by Crippen LogP contribution is -2.11. The van der Waals surface area contributed by atoms with Crippen LogP contribution in [0.15, 0.2) is 35.0 Å². The lowest BCUT2D eigenvalue weighted by Gasteiger charge is -2.17. The summed E-state index contributed by atoms with van der Waals surface area (Å²) in [5.74, 6) is 1.89. The van der Waals surface area contributed by atoms with Crippen LogP contribution < -0.4 is 5.73 Å². The lowest BCUT2D eigenvalue weighted by atomic mass is 10.1. The molecule has 1 saturated carbocycles. The topological polar surface area (TPSA) is 43.8 Å². The molecule has 2 aromatic heterocycles. The first-order chi connectivity index (χ1) is 10.2. The summed E-state index contributed by atoms with van der Waals surface area (Å²) in [6.45, 7) is 2.29. The van der Waals surface area contributed by atoms with E-state index >= 15 is 0 Å². The number of nitrogen functional groups attached to an aromatic ring is 1. The van der Waals surface area contributed by atoms with Crippen LogP contribution in [0.4, 0.5) is 5.69 Å². The number of nitrogens with zero attached hydrogens (tertiary/aromatic N) is 2. The van der Waals surface area contributed by atoms with Gasteiger partial charge in [-0.1, -0.05) is 0 Å². The summed E-state index contributed by atoms with van der Waals surface area (Å²) >= 11 is 1.77. The minimum Gasteiger partial charge on any atom is -0.399 e. The van der Waals surface area contributed by atoms with E-state index in [-0.39, 0.29) is 0 Å². The van der Waals surface area contributed by atoms with E-state index in [9.17, 15) is 0 Å². The van der Waals surface area contributed by atoms with Crippen molar-refractivity contribution < 1.29 is 0 Å². The van der Waals surface area contributed by atoms with Gasteiger partial charge < -0.3 is 10.3 Å². The quantitative estimate of drug-likeness (QED) is 0.727. The van der Waals surface area contributed by atoms with Crippen molar-refractivity contribution in [1.82, 2.24) is 9.55 Å². The molecular formula is C17H19N3S. The molecule has 21 heavy (non-hydrogen) atoms. The smallest absolute Gasteiger partial charge is 0.113 e. The van der Waals surface area contributed by atoms with Gasteiger partial charge in [-0.3, -0.25) is 0 Å². The molecule has 1 aliphatic rings. The molecule has 0 spiro atoms. The fourth-order valence-electron chi connectivity index (χ4n) is 3.07. The predicted octanol–water partition coefficient (Wildman–Crippen LogP) is 4.36. The number of imidazole rings is 1. The molecule has 0 bridgehead atoms. The Balaban J connectivity index is 1.79. The van der Waals surface area contributed by atoms with Gasteiger partial charge in [-0.2, -0.15) is 11.3 Å². The molecule has 4 heteroatoms. The number of thiophene rings is 1. The lowest BCUT2D eigenvalue weighted by molar-refractivity contribution is 0.536. The molecule has 108 valence electrons. The zero-order chi connectivity index (χ0) is 14.4. The van der Waals surface area contributed by atoms with E-state index in [4.69, 9.17) is 10.7 Å². The third-order valence-electron chi connectivity index (χ3n) is 4.24. The highest BCUT2D eigenvalue weighted by atomic mass is 32.1. The van der Waals surface area contributed by atoms with Crippen LogP contribution in [0.1, 0.15) is 43.1 Å². The first kappa shape index (κ1) is 12.9. The van der Waals surface area contributed by atoms with E-state index in [1.165, 1.54) is 29.7 Å². The summed E-state index contributed by atoms with van der Waals surface area (Å²) < 4.78 is 2.43. The summed E-state index contributed by atoms with van der Waals surface area (Å²) in [7, 11) is 0. The van der Waals surface area contributed by atoms with Crippen molar-refractivity contribution in [2.75, 3.05) is 5.73 Å². The third-order valence-corrected chi connectivity index (χ3v) is 4.97. The highest BCUT2D eigenvalue weighted by molar-refractivity contribution is 7.07. The average molecular weight is 297 g/mol. The maximum Gasteiger partial charge on any atom is 0.113 e. The van der Waals surface area contributed by atoms with E-state index in [0.717, 1.165) is 17.6 Å². The minimum atomic E-state index is 0.420. The second kappa shape index (κ2) is 4.88. The first-order valence-electron chi connectivity index (χ1n) is 7.51. The van der Waals surface area contributed by atoms with Crippen LogP contribution in [-0.4, -0.2) is 9.55 Å². The van der Waals surface area contributed by atoms with Crippen molar-refractivity contribution in [3.63, 3.8) is 0 Å². The molecule has 1 atom stereocenters. The number of anilines is 1. The fourth-order valence-corrected chi connectivity index (χ4v) is 3.75. The molecule has 4 rings (SSSR count). The van der Waals surface area contributed by atoms with Crippen LogP contribution >= 0.6 is 11.3 Å². The largest absolute Gasteiger partial charge is 0.399 e. The van der Waals surface area contributed by atoms with Gasteiger partial charge in [-0.15, -0.1) is 0 Å². The van der Waals surface area contributed by atoms with Crippen molar-refractivity contribution in [2.24, 2.45) is 0 Å². The Morgan fingerprint density at radius 3 is 2.95 bits per heavy atom. The average Bonchev–Trinajstić information content (AvgIpc) is 3.05. The molecule has 2 heterocycles. The van der Waals surface area contributed by atoms with Crippen LogP contribution in [0.3, 0.4) is 0 Å². The zero-order valence-corrected chi connectivity index (χ0v) is 12.9. The Morgan fingerprint density at radius 2 is 2.24 bits per heavy atom. The van der Waals surface area contributed by atoms with Gasteiger partial charge in [0.1, 0.15) is 5.82 Å². The number of hydrogen-bond acceptors (Lipinski definition) is 3. The molecule has 0 aliphatic heterocycles. The summed E-state index contributed by atoms with van der Waals surface area (Å²) in [6.07, 6.45) is 3.59. The van der Waals surface area contributed by atoms with E-state index in [1.807, 2.05) is 12.1 Å². The van der Waals surface area contributed by atoms with Gasteiger partial charge in [0, 0.05) is 17.6 Å². The van der Waals surface area contributed by atoms with Gasteiger partial charge in [0.05, 0.1) is 11.0 Å². The fraction of sp³-hybridized carbons (Fsp3) is 0.353. The second-order valence-electron chi connectivity index (χ2n) is 6.05. The first-order valence-corrected chi connectivity index (χ1v) is 8.45. The van der Waals surface area contributed by atoms with Crippen LogP contribution in [0, 0.1) is 0 Å². The summed E-state index contributed by atoms with van der Waals surface area (Å²) in [5, 5.41) is 4.39. The van der Waals surface area contributed by atoms with Crippen LogP contribution in [0.2, 0.25) is 0 Å². The molecule has 3 aromatic rings. The van der Waals surface area contributed by atoms with Gasteiger partial charge in [-0.05, 0) is 66.8 Å². The summed E-state index contributed by atoms with van der Waals surface area (Å²) in [6, 6.07) is 8.73. The molecule has 1 fully saturated rings. The van der Waals surface area contributed by atoms with Gasteiger partial charge in [0.2, 0.25) is 0 Å². The van der Waals surface area contributed by atoms with Crippen molar-refractivity contribution >= 4 is 28.1 Å². The molecular weight excluding hydrogens is 278 g/mol. The third kappa shape index (κ3) is 2.33. The number of hydrogen-bond donors (Lipinski definition) is 1. The highest BCUT2D eigenvalue weighted by Crippen LogP contribution is 2.42. The Labute approximate surface area is 128 Å². The summed E-state index contributed by atoms with van der Waals surface area (Å²) in [5.41, 5.74) is 10.4. The van der Waals surface area contributed by atoms with Crippen LogP contribution in [0.5, 0.6) is 0 Å². The van der Waals surface area contributed by atoms with E-state index in [2.05, 4.69) is 34.4 Å². The number of nitrogens with two attached hydrogens (primary N) is 1. The van der Waals surface area contributed by atoms with Gasteiger partial charge >= 0.3 is 0 Å². The Morgan fingerprint density at radius 1 is 1.38 bits per heavy atom. The van der Waals surface area contributed by atoms with Crippen molar-refractivity contribution in [1.29, 1.82) is 0 Å². The maximum atomic E-state index is 5.91. The Bertz CT molecular complexity index is 769. The predicted molar refractivity (Wildman–Crippen MR) is 88.9 cm³/mol.